The normalized spacial score (nSPS) is 17.1. The Balaban J connectivity index is 1.76. The van der Waals surface area contributed by atoms with Crippen molar-refractivity contribution in [2.24, 2.45) is 5.92 Å². The number of aryl methyl sites for hydroxylation is 2. The van der Waals surface area contributed by atoms with E-state index in [4.69, 9.17) is 11.6 Å². The lowest BCUT2D eigenvalue weighted by atomic mass is 10.00. The Kier molecular flexibility index (Phi) is 5.25. The number of aromatic nitrogens is 2. The monoisotopic (exact) mass is 414 g/mol. The van der Waals surface area contributed by atoms with Gasteiger partial charge < -0.3 is 10.2 Å². The smallest absolute Gasteiger partial charge is 0.257 e. The number of nitrogens with zero attached hydrogens (tertiary/aromatic N) is 3. The van der Waals surface area contributed by atoms with Crippen molar-refractivity contribution in [3.05, 3.63) is 45.6 Å². The molecule has 2 aromatic heterocycles. The van der Waals surface area contributed by atoms with E-state index in [1.807, 2.05) is 26.0 Å². The van der Waals surface area contributed by atoms with E-state index >= 15 is 0 Å². The van der Waals surface area contributed by atoms with Crippen molar-refractivity contribution in [2.45, 2.75) is 33.6 Å². The van der Waals surface area contributed by atoms with Crippen LogP contribution in [0, 0.1) is 19.8 Å². The molecule has 7 heteroatoms. The summed E-state index contributed by atoms with van der Waals surface area (Å²) in [6, 6.07) is 5.47. The van der Waals surface area contributed by atoms with Crippen LogP contribution >= 0.6 is 22.9 Å². The van der Waals surface area contributed by atoms with E-state index < -0.39 is 0 Å². The maximum atomic E-state index is 13.2. The van der Waals surface area contributed by atoms with Crippen LogP contribution in [-0.2, 0) is 0 Å². The highest BCUT2D eigenvalue weighted by atomic mass is 35.5. The summed E-state index contributed by atoms with van der Waals surface area (Å²) >= 11 is 7.59. The molecule has 1 fully saturated rings. The Bertz CT molecular complexity index is 1050. The van der Waals surface area contributed by atoms with E-state index in [1.54, 1.807) is 23.7 Å². The van der Waals surface area contributed by atoms with Crippen LogP contribution in [0.1, 0.15) is 40.6 Å². The van der Waals surface area contributed by atoms with Gasteiger partial charge in [0.2, 0.25) is 0 Å². The summed E-state index contributed by atoms with van der Waals surface area (Å²) in [7, 11) is 0. The van der Waals surface area contributed by atoms with Crippen LogP contribution in [0.5, 0.6) is 0 Å². The quantitative estimate of drug-likeness (QED) is 0.619. The number of nitrogens with one attached hydrogen (secondary N) is 1. The molecule has 5 nitrogen and oxygen atoms in total. The van der Waals surface area contributed by atoms with Crippen molar-refractivity contribution >= 4 is 50.6 Å². The fraction of sp³-hybridized carbons (Fsp3) is 0.381. The molecule has 28 heavy (non-hydrogen) atoms. The van der Waals surface area contributed by atoms with Gasteiger partial charge in [-0.2, -0.15) is 0 Å². The van der Waals surface area contributed by atoms with Crippen LogP contribution in [0.25, 0.3) is 10.2 Å². The third kappa shape index (κ3) is 3.59. The van der Waals surface area contributed by atoms with E-state index in [0.29, 0.717) is 16.5 Å². The minimum Gasteiger partial charge on any atom is -0.356 e. The number of piperidine rings is 1. The summed E-state index contributed by atoms with van der Waals surface area (Å²) in [6.45, 7) is 8.09. The van der Waals surface area contributed by atoms with Gasteiger partial charge in [-0.15, -0.1) is 11.3 Å². The number of fused-ring (bicyclic) bond motifs is 1. The summed E-state index contributed by atoms with van der Waals surface area (Å²) in [5.41, 5.74) is 2.36. The Morgan fingerprint density at radius 2 is 2.14 bits per heavy atom. The third-order valence-corrected chi connectivity index (χ3v) is 6.51. The highest BCUT2D eigenvalue weighted by Gasteiger charge is 2.26. The molecule has 1 aliphatic heterocycles. The number of hydrogen-bond donors (Lipinski definition) is 1. The minimum atomic E-state index is -0.129. The van der Waals surface area contributed by atoms with Crippen LogP contribution in [-0.4, -0.2) is 29.0 Å². The predicted octanol–water partition coefficient (Wildman–Crippen LogP) is 5.45. The topological polar surface area (TPSA) is 58.1 Å². The summed E-state index contributed by atoms with van der Waals surface area (Å²) in [6.07, 6.45) is 3.98. The zero-order chi connectivity index (χ0) is 19.8. The lowest BCUT2D eigenvalue weighted by Gasteiger charge is -2.32. The van der Waals surface area contributed by atoms with Gasteiger partial charge in [-0.1, -0.05) is 18.5 Å². The molecule has 3 heterocycles. The van der Waals surface area contributed by atoms with Crippen molar-refractivity contribution in [1.29, 1.82) is 0 Å². The number of anilines is 2. The van der Waals surface area contributed by atoms with Crippen LogP contribution in [0.4, 0.5) is 11.5 Å². The number of amides is 1. The van der Waals surface area contributed by atoms with Gasteiger partial charge in [-0.3, -0.25) is 4.79 Å². The van der Waals surface area contributed by atoms with Crippen molar-refractivity contribution in [3.8, 4) is 0 Å². The Morgan fingerprint density at radius 1 is 1.32 bits per heavy atom. The molecule has 146 valence electrons. The van der Waals surface area contributed by atoms with Crippen LogP contribution < -0.4 is 10.2 Å². The molecule has 0 bridgehead atoms. The van der Waals surface area contributed by atoms with Gasteiger partial charge in [0.25, 0.3) is 5.91 Å². The van der Waals surface area contributed by atoms with Gasteiger partial charge in [0.05, 0.1) is 10.9 Å². The highest BCUT2D eigenvalue weighted by molar-refractivity contribution is 7.19. The van der Waals surface area contributed by atoms with Gasteiger partial charge >= 0.3 is 0 Å². The molecular formula is C21H23ClN4OS. The lowest BCUT2D eigenvalue weighted by molar-refractivity contribution is 0.102. The second-order valence-electron chi connectivity index (χ2n) is 7.52. The zero-order valence-corrected chi connectivity index (χ0v) is 17.8. The molecular weight excluding hydrogens is 392 g/mol. The maximum absolute atomic E-state index is 13.2. The number of benzene rings is 1. The largest absolute Gasteiger partial charge is 0.356 e. The van der Waals surface area contributed by atoms with E-state index in [2.05, 4.69) is 27.1 Å². The van der Waals surface area contributed by atoms with E-state index in [-0.39, 0.29) is 5.91 Å². The lowest BCUT2D eigenvalue weighted by Crippen LogP contribution is -2.35. The van der Waals surface area contributed by atoms with Crippen molar-refractivity contribution in [3.63, 3.8) is 0 Å². The van der Waals surface area contributed by atoms with Gasteiger partial charge in [0, 0.05) is 28.7 Å². The zero-order valence-electron chi connectivity index (χ0n) is 16.3. The number of carbonyl (C=O) groups excluding carboxylic acids is 1. The molecule has 0 spiro atoms. The highest BCUT2D eigenvalue weighted by Crippen LogP contribution is 2.37. The second kappa shape index (κ2) is 7.68. The number of halogens is 1. The molecule has 0 unspecified atom stereocenters. The van der Waals surface area contributed by atoms with Gasteiger partial charge in [-0.25, -0.2) is 9.97 Å². The predicted molar refractivity (Wildman–Crippen MR) is 117 cm³/mol. The fourth-order valence-electron chi connectivity index (χ4n) is 3.88. The van der Waals surface area contributed by atoms with Gasteiger partial charge in [-0.05, 0) is 56.4 Å². The second-order valence-corrected chi connectivity index (χ2v) is 9.16. The summed E-state index contributed by atoms with van der Waals surface area (Å²) in [4.78, 5) is 26.4. The van der Waals surface area contributed by atoms with Crippen molar-refractivity contribution in [2.75, 3.05) is 23.3 Å². The SMILES string of the molecule is Cc1cc(Cl)ccc1NC(=O)c1c(C)sc2ncnc(N3CCC[C@H](C)C3)c12. The molecule has 0 radical (unpaired) electrons. The summed E-state index contributed by atoms with van der Waals surface area (Å²) in [5, 5.41) is 4.57. The molecule has 4 rings (SSSR count). The Labute approximate surface area is 173 Å². The molecule has 1 saturated heterocycles. The first-order chi connectivity index (χ1) is 13.4. The molecule has 1 aromatic carbocycles. The van der Waals surface area contributed by atoms with E-state index in [1.165, 1.54) is 6.42 Å². The molecule has 0 saturated carbocycles. The van der Waals surface area contributed by atoms with E-state index in [9.17, 15) is 4.79 Å². The first kappa shape index (κ1) is 19.2. The first-order valence-electron chi connectivity index (χ1n) is 9.50. The molecule has 1 atom stereocenters. The minimum absolute atomic E-state index is 0.129. The van der Waals surface area contributed by atoms with Crippen molar-refractivity contribution in [1.82, 2.24) is 9.97 Å². The third-order valence-electron chi connectivity index (χ3n) is 5.26. The maximum Gasteiger partial charge on any atom is 0.257 e. The fourth-order valence-corrected chi connectivity index (χ4v) is 5.08. The van der Waals surface area contributed by atoms with Crippen LogP contribution in [0.3, 0.4) is 0 Å². The standard InChI is InChI=1S/C21H23ClN4OS/c1-12-5-4-8-26(10-12)19-18-17(14(3)28-21(18)24-11-23-19)20(27)25-16-7-6-15(22)9-13(16)2/h6-7,9,11-12H,4-5,8,10H2,1-3H3,(H,25,27)/t12-/m0/s1. The van der Waals surface area contributed by atoms with Crippen LogP contribution in [0.15, 0.2) is 24.5 Å². The number of carbonyl (C=O) groups is 1. The molecule has 1 amide bonds. The molecule has 0 aliphatic carbocycles. The Morgan fingerprint density at radius 3 is 2.89 bits per heavy atom. The number of thiophene rings is 1. The average molecular weight is 415 g/mol. The number of rotatable bonds is 3. The van der Waals surface area contributed by atoms with Crippen LogP contribution in [0.2, 0.25) is 5.02 Å². The molecule has 1 aliphatic rings. The van der Waals surface area contributed by atoms with Gasteiger partial charge in [0.15, 0.2) is 0 Å². The average Bonchev–Trinajstić information content (AvgIpc) is 3.00. The first-order valence-corrected chi connectivity index (χ1v) is 10.7. The molecule has 3 aromatic rings. The van der Waals surface area contributed by atoms with E-state index in [0.717, 1.165) is 51.7 Å². The Hall–Kier alpha value is -2.18. The molecule has 1 N–H and O–H groups in total. The summed E-state index contributed by atoms with van der Waals surface area (Å²) < 4.78 is 0. The number of hydrogen-bond acceptors (Lipinski definition) is 5. The van der Waals surface area contributed by atoms with Gasteiger partial charge in [0.1, 0.15) is 17.0 Å². The van der Waals surface area contributed by atoms with Crippen molar-refractivity contribution < 1.29 is 4.79 Å². The summed E-state index contributed by atoms with van der Waals surface area (Å²) in [5.74, 6) is 1.36.